The molecule has 0 saturated carbocycles. The molecule has 0 bridgehead atoms. The lowest BCUT2D eigenvalue weighted by molar-refractivity contribution is 0.177. The van der Waals surface area contributed by atoms with E-state index in [1.807, 2.05) is 12.1 Å². The molecule has 1 N–H and O–H groups in total. The molecule has 0 amide bonds. The fourth-order valence-electron chi connectivity index (χ4n) is 1.51. The number of hydrogen-bond donors (Lipinski definition) is 1. The first-order valence-electron chi connectivity index (χ1n) is 5.60. The van der Waals surface area contributed by atoms with E-state index in [0.717, 1.165) is 24.0 Å². The van der Waals surface area contributed by atoms with Crippen LogP contribution < -0.4 is 0 Å². The first kappa shape index (κ1) is 12.0. The maximum atomic E-state index is 9.92. The van der Waals surface area contributed by atoms with E-state index in [9.17, 15) is 5.11 Å². The Kier molecular flexibility index (Phi) is 4.57. The van der Waals surface area contributed by atoms with Crippen molar-refractivity contribution in [3.05, 3.63) is 47.5 Å². The summed E-state index contributed by atoms with van der Waals surface area (Å²) in [5, 5.41) is 9.92. The normalized spacial score (nSPS) is 12.5. The molecule has 1 aromatic rings. The Morgan fingerprint density at radius 2 is 1.87 bits per heavy atom. The number of aliphatic hydroxyl groups excluding tert-OH is 1. The molecule has 0 heterocycles. The van der Waals surface area contributed by atoms with E-state index in [1.54, 1.807) is 0 Å². The zero-order valence-electron chi connectivity index (χ0n) is 9.66. The molecule has 1 atom stereocenters. The van der Waals surface area contributed by atoms with Crippen LogP contribution in [0, 0.1) is 0 Å². The van der Waals surface area contributed by atoms with Gasteiger partial charge in [-0.1, -0.05) is 50.3 Å². The standard InChI is InChI=1S/C14H20O/c1-4-11(3)10-14(15)13-8-6-12(5-2)7-9-13/h6-9,14-15H,3-5,10H2,1-2H3. The van der Waals surface area contributed by atoms with Crippen LogP contribution in [0.15, 0.2) is 36.4 Å². The van der Waals surface area contributed by atoms with E-state index >= 15 is 0 Å². The quantitative estimate of drug-likeness (QED) is 0.726. The van der Waals surface area contributed by atoms with Crippen molar-refractivity contribution >= 4 is 0 Å². The molecular weight excluding hydrogens is 184 g/mol. The van der Waals surface area contributed by atoms with E-state index in [-0.39, 0.29) is 0 Å². The van der Waals surface area contributed by atoms with Crippen LogP contribution in [0.4, 0.5) is 0 Å². The number of benzene rings is 1. The SMILES string of the molecule is C=C(CC)CC(O)c1ccc(CC)cc1. The average Bonchev–Trinajstić information content (AvgIpc) is 2.29. The Hall–Kier alpha value is -1.08. The van der Waals surface area contributed by atoms with Gasteiger partial charge in [-0.05, 0) is 30.4 Å². The van der Waals surface area contributed by atoms with Crippen molar-refractivity contribution in [3.63, 3.8) is 0 Å². The van der Waals surface area contributed by atoms with Gasteiger partial charge in [0, 0.05) is 0 Å². The molecule has 0 radical (unpaired) electrons. The van der Waals surface area contributed by atoms with Gasteiger partial charge in [-0.15, -0.1) is 0 Å². The van der Waals surface area contributed by atoms with Gasteiger partial charge in [-0.25, -0.2) is 0 Å². The van der Waals surface area contributed by atoms with Crippen LogP contribution in [0.3, 0.4) is 0 Å². The molecule has 0 fully saturated rings. The Morgan fingerprint density at radius 3 is 2.33 bits per heavy atom. The molecule has 1 heteroatoms. The van der Waals surface area contributed by atoms with E-state index < -0.39 is 6.10 Å². The third kappa shape index (κ3) is 3.52. The highest BCUT2D eigenvalue weighted by atomic mass is 16.3. The predicted molar refractivity (Wildman–Crippen MR) is 64.8 cm³/mol. The topological polar surface area (TPSA) is 20.2 Å². The Balaban J connectivity index is 2.65. The number of aliphatic hydroxyl groups is 1. The van der Waals surface area contributed by atoms with Gasteiger partial charge >= 0.3 is 0 Å². The summed E-state index contributed by atoms with van der Waals surface area (Å²) in [4.78, 5) is 0. The first-order chi connectivity index (χ1) is 7.17. The van der Waals surface area contributed by atoms with Crippen LogP contribution in [0.1, 0.15) is 43.9 Å². The summed E-state index contributed by atoms with van der Waals surface area (Å²) in [5.74, 6) is 0. The highest BCUT2D eigenvalue weighted by molar-refractivity contribution is 5.24. The molecule has 15 heavy (non-hydrogen) atoms. The molecule has 1 rings (SSSR count). The predicted octanol–water partition coefficient (Wildman–Crippen LogP) is 3.64. The highest BCUT2D eigenvalue weighted by Gasteiger charge is 2.07. The third-order valence-electron chi connectivity index (χ3n) is 2.75. The van der Waals surface area contributed by atoms with Crippen molar-refractivity contribution < 1.29 is 5.11 Å². The van der Waals surface area contributed by atoms with Gasteiger partial charge < -0.3 is 5.11 Å². The lowest BCUT2D eigenvalue weighted by atomic mass is 10.00. The van der Waals surface area contributed by atoms with Gasteiger partial charge in [0.2, 0.25) is 0 Å². The minimum absolute atomic E-state index is 0.400. The fraction of sp³-hybridized carbons (Fsp3) is 0.429. The van der Waals surface area contributed by atoms with E-state index in [1.165, 1.54) is 5.56 Å². The van der Waals surface area contributed by atoms with Crippen molar-refractivity contribution in [2.45, 2.75) is 39.2 Å². The molecule has 1 aromatic carbocycles. The van der Waals surface area contributed by atoms with Crippen LogP contribution >= 0.6 is 0 Å². The molecule has 0 aliphatic rings. The number of rotatable bonds is 5. The molecule has 0 saturated heterocycles. The zero-order chi connectivity index (χ0) is 11.3. The minimum atomic E-state index is -0.400. The van der Waals surface area contributed by atoms with Crippen LogP contribution in [-0.2, 0) is 6.42 Å². The minimum Gasteiger partial charge on any atom is -0.388 e. The number of aryl methyl sites for hydroxylation is 1. The summed E-state index contributed by atoms with van der Waals surface area (Å²) < 4.78 is 0. The summed E-state index contributed by atoms with van der Waals surface area (Å²) in [6.45, 7) is 8.11. The zero-order valence-corrected chi connectivity index (χ0v) is 9.66. The van der Waals surface area contributed by atoms with Crippen molar-refractivity contribution in [3.8, 4) is 0 Å². The Bertz CT molecular complexity index is 311. The second kappa shape index (κ2) is 5.72. The third-order valence-corrected chi connectivity index (χ3v) is 2.75. The van der Waals surface area contributed by atoms with Crippen LogP contribution in [0.25, 0.3) is 0 Å². The van der Waals surface area contributed by atoms with Crippen LogP contribution in [0.5, 0.6) is 0 Å². The van der Waals surface area contributed by atoms with Crippen molar-refractivity contribution in [2.75, 3.05) is 0 Å². The Morgan fingerprint density at radius 1 is 1.27 bits per heavy atom. The van der Waals surface area contributed by atoms with E-state index in [0.29, 0.717) is 6.42 Å². The fourth-order valence-corrected chi connectivity index (χ4v) is 1.51. The van der Waals surface area contributed by atoms with Gasteiger partial charge in [0.1, 0.15) is 0 Å². The molecule has 0 aliphatic heterocycles. The van der Waals surface area contributed by atoms with Gasteiger partial charge in [0.25, 0.3) is 0 Å². The van der Waals surface area contributed by atoms with Crippen molar-refractivity contribution in [2.24, 2.45) is 0 Å². The molecule has 0 aromatic heterocycles. The molecule has 0 spiro atoms. The molecule has 82 valence electrons. The van der Waals surface area contributed by atoms with Crippen molar-refractivity contribution in [1.82, 2.24) is 0 Å². The Labute approximate surface area is 92.5 Å². The maximum absolute atomic E-state index is 9.92. The summed E-state index contributed by atoms with van der Waals surface area (Å²) >= 11 is 0. The van der Waals surface area contributed by atoms with Crippen LogP contribution in [0.2, 0.25) is 0 Å². The number of hydrogen-bond acceptors (Lipinski definition) is 1. The average molecular weight is 204 g/mol. The lowest BCUT2D eigenvalue weighted by Crippen LogP contribution is -1.98. The highest BCUT2D eigenvalue weighted by Crippen LogP contribution is 2.21. The van der Waals surface area contributed by atoms with Gasteiger partial charge in [-0.2, -0.15) is 0 Å². The van der Waals surface area contributed by atoms with Gasteiger partial charge in [0.05, 0.1) is 6.10 Å². The van der Waals surface area contributed by atoms with Crippen LogP contribution in [-0.4, -0.2) is 5.11 Å². The van der Waals surface area contributed by atoms with E-state index in [2.05, 4.69) is 32.6 Å². The summed E-state index contributed by atoms with van der Waals surface area (Å²) in [6, 6.07) is 8.17. The van der Waals surface area contributed by atoms with Gasteiger partial charge in [0.15, 0.2) is 0 Å². The first-order valence-corrected chi connectivity index (χ1v) is 5.60. The molecular formula is C14H20O. The largest absolute Gasteiger partial charge is 0.388 e. The molecule has 1 unspecified atom stereocenters. The summed E-state index contributed by atoms with van der Waals surface area (Å²) in [5.41, 5.74) is 3.39. The smallest absolute Gasteiger partial charge is 0.0827 e. The summed E-state index contributed by atoms with van der Waals surface area (Å²) in [6.07, 6.45) is 2.24. The monoisotopic (exact) mass is 204 g/mol. The molecule has 0 aliphatic carbocycles. The van der Waals surface area contributed by atoms with Crippen molar-refractivity contribution in [1.29, 1.82) is 0 Å². The summed E-state index contributed by atoms with van der Waals surface area (Å²) in [7, 11) is 0. The second-order valence-electron chi connectivity index (χ2n) is 3.92. The second-order valence-corrected chi connectivity index (χ2v) is 3.92. The molecule has 1 nitrogen and oxygen atoms in total. The van der Waals surface area contributed by atoms with E-state index in [4.69, 9.17) is 0 Å². The maximum Gasteiger partial charge on any atom is 0.0827 e. The van der Waals surface area contributed by atoms with Gasteiger partial charge in [-0.3, -0.25) is 0 Å². The lowest BCUT2D eigenvalue weighted by Gasteiger charge is -2.12.